The Kier molecular flexibility index (Phi) is 4.73. The fraction of sp³-hybridized carbons (Fsp3) is 0.0588. The third kappa shape index (κ3) is 4.22. The maximum Gasteiger partial charge on any atom is 0.341 e. The summed E-state index contributed by atoms with van der Waals surface area (Å²) >= 11 is 0. The molecule has 104 valence electrons. The number of rotatable bonds is 5. The summed E-state index contributed by atoms with van der Waals surface area (Å²) in [5.74, 6) is -0.539. The number of carboxylic acid groups (broad SMARTS) is 1. The fourth-order valence-electron chi connectivity index (χ4n) is 1.77. The molecule has 2 rings (SSSR count). The molecule has 0 saturated carbocycles. The van der Waals surface area contributed by atoms with Gasteiger partial charge in [-0.05, 0) is 29.3 Å². The summed E-state index contributed by atoms with van der Waals surface area (Å²) in [7, 11) is 0. The highest BCUT2D eigenvalue weighted by Crippen LogP contribution is 2.19. The highest BCUT2D eigenvalue weighted by Gasteiger charge is 2.01. The van der Waals surface area contributed by atoms with E-state index in [0.29, 0.717) is 11.3 Å². The van der Waals surface area contributed by atoms with E-state index in [4.69, 9.17) is 9.84 Å². The number of ether oxygens (including phenoxy) is 1. The van der Waals surface area contributed by atoms with Crippen LogP contribution in [0.3, 0.4) is 0 Å². The maximum absolute atomic E-state index is 10.4. The molecule has 1 N–H and O–H groups in total. The fourth-order valence-corrected chi connectivity index (χ4v) is 1.77. The predicted molar refractivity (Wildman–Crippen MR) is 79.5 cm³/mol. The van der Waals surface area contributed by atoms with Gasteiger partial charge < -0.3 is 9.84 Å². The molecule has 0 heterocycles. The van der Waals surface area contributed by atoms with Crippen molar-refractivity contribution in [1.29, 1.82) is 5.26 Å². The van der Waals surface area contributed by atoms with Gasteiger partial charge in [0.1, 0.15) is 5.75 Å². The Balaban J connectivity index is 2.16. The van der Waals surface area contributed by atoms with Gasteiger partial charge in [-0.25, -0.2) is 4.79 Å². The number of benzene rings is 2. The van der Waals surface area contributed by atoms with Crippen LogP contribution >= 0.6 is 0 Å². The molecular formula is C17H13NO3. The zero-order valence-electron chi connectivity index (χ0n) is 11.2. The molecule has 0 unspecified atom stereocenters. The van der Waals surface area contributed by atoms with Gasteiger partial charge in [0, 0.05) is 0 Å². The first-order chi connectivity index (χ1) is 10.2. The zero-order valence-corrected chi connectivity index (χ0v) is 11.2. The normalized spacial score (nSPS) is 10.7. The Morgan fingerprint density at radius 2 is 1.81 bits per heavy atom. The van der Waals surface area contributed by atoms with Gasteiger partial charge in [-0.15, -0.1) is 0 Å². The van der Waals surface area contributed by atoms with Gasteiger partial charge in [0.2, 0.25) is 0 Å². The average Bonchev–Trinajstić information content (AvgIpc) is 2.52. The van der Waals surface area contributed by atoms with E-state index in [2.05, 4.69) is 6.07 Å². The van der Waals surface area contributed by atoms with Crippen LogP contribution in [0.25, 0.3) is 11.6 Å². The molecule has 2 aromatic rings. The van der Waals surface area contributed by atoms with Crippen LogP contribution in [0.4, 0.5) is 0 Å². The van der Waals surface area contributed by atoms with E-state index in [0.717, 1.165) is 11.1 Å². The molecule has 0 aliphatic heterocycles. The van der Waals surface area contributed by atoms with Crippen molar-refractivity contribution in [2.45, 2.75) is 0 Å². The van der Waals surface area contributed by atoms with Crippen LogP contribution in [0, 0.1) is 11.3 Å². The molecule has 0 aromatic heterocycles. The topological polar surface area (TPSA) is 70.3 Å². The Morgan fingerprint density at radius 1 is 1.14 bits per heavy atom. The summed E-state index contributed by atoms with van der Waals surface area (Å²) in [6.45, 7) is -0.372. The summed E-state index contributed by atoms with van der Waals surface area (Å²) in [5, 5.41) is 17.8. The van der Waals surface area contributed by atoms with Crippen molar-refractivity contribution in [2.75, 3.05) is 6.61 Å². The van der Waals surface area contributed by atoms with E-state index in [9.17, 15) is 10.1 Å². The SMILES string of the molecule is N#CC(=Cc1ccc(OCC(=O)O)cc1)c1ccccc1. The number of nitrogens with zero attached hydrogens (tertiary/aromatic N) is 1. The van der Waals surface area contributed by atoms with Crippen molar-refractivity contribution in [1.82, 2.24) is 0 Å². The van der Waals surface area contributed by atoms with Crippen LogP contribution in [0.1, 0.15) is 11.1 Å². The molecule has 0 amide bonds. The molecule has 0 bridgehead atoms. The highest BCUT2D eigenvalue weighted by molar-refractivity contribution is 5.89. The molecule has 0 fully saturated rings. The number of carboxylic acids is 1. The number of allylic oxidation sites excluding steroid dienone is 1. The summed E-state index contributed by atoms with van der Waals surface area (Å²) in [5.41, 5.74) is 2.26. The summed E-state index contributed by atoms with van der Waals surface area (Å²) in [6, 6.07) is 18.5. The van der Waals surface area contributed by atoms with Crippen LogP contribution in [-0.2, 0) is 4.79 Å². The number of aliphatic carboxylic acids is 1. The third-order valence-corrected chi connectivity index (χ3v) is 2.76. The predicted octanol–water partition coefficient (Wildman–Crippen LogP) is 3.21. The van der Waals surface area contributed by atoms with E-state index in [1.807, 2.05) is 30.3 Å². The number of hydrogen-bond donors (Lipinski definition) is 1. The molecule has 0 radical (unpaired) electrons. The smallest absolute Gasteiger partial charge is 0.341 e. The van der Waals surface area contributed by atoms with Gasteiger partial charge in [0.05, 0.1) is 11.6 Å². The van der Waals surface area contributed by atoms with Gasteiger partial charge in [-0.1, -0.05) is 42.5 Å². The van der Waals surface area contributed by atoms with E-state index in [-0.39, 0.29) is 6.61 Å². The lowest BCUT2D eigenvalue weighted by Gasteiger charge is -2.03. The van der Waals surface area contributed by atoms with E-state index < -0.39 is 5.97 Å². The first-order valence-corrected chi connectivity index (χ1v) is 6.31. The van der Waals surface area contributed by atoms with Crippen molar-refractivity contribution < 1.29 is 14.6 Å². The second kappa shape index (κ2) is 6.92. The average molecular weight is 279 g/mol. The molecule has 0 atom stereocenters. The molecule has 0 spiro atoms. The monoisotopic (exact) mass is 279 g/mol. The van der Waals surface area contributed by atoms with Crippen molar-refractivity contribution in [3.8, 4) is 11.8 Å². The Hall–Kier alpha value is -3.06. The van der Waals surface area contributed by atoms with Gasteiger partial charge in [0.15, 0.2) is 6.61 Å². The van der Waals surface area contributed by atoms with Crippen LogP contribution in [0.15, 0.2) is 54.6 Å². The van der Waals surface area contributed by atoms with Crippen LogP contribution in [0.2, 0.25) is 0 Å². The second-order valence-electron chi connectivity index (χ2n) is 4.29. The summed E-state index contributed by atoms with van der Waals surface area (Å²) in [6.07, 6.45) is 1.77. The minimum absolute atomic E-state index is 0.372. The quantitative estimate of drug-likeness (QED) is 0.674. The molecular weight excluding hydrogens is 266 g/mol. The Morgan fingerprint density at radius 3 is 2.38 bits per heavy atom. The molecule has 0 aliphatic carbocycles. The molecule has 21 heavy (non-hydrogen) atoms. The highest BCUT2D eigenvalue weighted by atomic mass is 16.5. The lowest BCUT2D eigenvalue weighted by molar-refractivity contribution is -0.139. The van der Waals surface area contributed by atoms with Gasteiger partial charge >= 0.3 is 5.97 Å². The van der Waals surface area contributed by atoms with E-state index in [1.165, 1.54) is 0 Å². The number of carbonyl (C=O) groups is 1. The molecule has 0 saturated heterocycles. The largest absolute Gasteiger partial charge is 0.482 e. The standard InChI is InChI=1S/C17H13NO3/c18-11-15(14-4-2-1-3-5-14)10-13-6-8-16(9-7-13)21-12-17(19)20/h1-10H,12H2,(H,19,20). The molecule has 4 nitrogen and oxygen atoms in total. The first-order valence-electron chi connectivity index (χ1n) is 6.31. The van der Waals surface area contributed by atoms with Crippen LogP contribution in [0.5, 0.6) is 5.75 Å². The van der Waals surface area contributed by atoms with Crippen molar-refractivity contribution in [3.63, 3.8) is 0 Å². The van der Waals surface area contributed by atoms with Crippen LogP contribution < -0.4 is 4.74 Å². The van der Waals surface area contributed by atoms with Crippen LogP contribution in [-0.4, -0.2) is 17.7 Å². The second-order valence-corrected chi connectivity index (χ2v) is 4.29. The Bertz CT molecular complexity index is 682. The lowest BCUT2D eigenvalue weighted by atomic mass is 10.0. The summed E-state index contributed by atoms with van der Waals surface area (Å²) < 4.78 is 5.05. The third-order valence-electron chi connectivity index (χ3n) is 2.76. The Labute approximate surface area is 122 Å². The summed E-state index contributed by atoms with van der Waals surface area (Å²) in [4.78, 5) is 10.4. The van der Waals surface area contributed by atoms with Crippen molar-refractivity contribution >= 4 is 17.6 Å². The number of hydrogen-bond acceptors (Lipinski definition) is 3. The van der Waals surface area contributed by atoms with Gasteiger partial charge in [-0.2, -0.15) is 5.26 Å². The van der Waals surface area contributed by atoms with Gasteiger partial charge in [-0.3, -0.25) is 0 Å². The van der Waals surface area contributed by atoms with Crippen molar-refractivity contribution in [2.24, 2.45) is 0 Å². The maximum atomic E-state index is 10.4. The minimum Gasteiger partial charge on any atom is -0.482 e. The lowest BCUT2D eigenvalue weighted by Crippen LogP contribution is -2.09. The zero-order chi connectivity index (χ0) is 15.1. The van der Waals surface area contributed by atoms with Crippen molar-refractivity contribution in [3.05, 3.63) is 65.7 Å². The van der Waals surface area contributed by atoms with E-state index >= 15 is 0 Å². The minimum atomic E-state index is -1.02. The number of nitriles is 1. The molecule has 0 aliphatic rings. The van der Waals surface area contributed by atoms with E-state index in [1.54, 1.807) is 30.3 Å². The van der Waals surface area contributed by atoms with Gasteiger partial charge in [0.25, 0.3) is 0 Å². The molecule has 4 heteroatoms. The molecule has 2 aromatic carbocycles. The first kappa shape index (κ1) is 14.4.